The molecular weight excluding hydrogens is 220 g/mol. The second kappa shape index (κ2) is 4.40. The van der Waals surface area contributed by atoms with Gasteiger partial charge in [-0.2, -0.15) is 0 Å². The zero-order valence-corrected chi connectivity index (χ0v) is 9.35. The number of amidine groups is 1. The molecule has 0 aliphatic carbocycles. The number of benzene rings is 1. The summed E-state index contributed by atoms with van der Waals surface area (Å²) in [5.74, 6) is 0.281. The van der Waals surface area contributed by atoms with Gasteiger partial charge < -0.3 is 10.6 Å². The molecule has 90 valence electrons. The molecule has 0 amide bonds. The predicted molar refractivity (Wildman–Crippen MR) is 65.1 cm³/mol. The number of anilines is 1. The van der Waals surface area contributed by atoms with Crippen LogP contribution >= 0.6 is 0 Å². The molecule has 3 N–H and O–H groups in total. The van der Waals surface area contributed by atoms with Crippen molar-refractivity contribution in [2.75, 3.05) is 18.8 Å². The fourth-order valence-electron chi connectivity index (χ4n) is 1.97. The lowest BCUT2D eigenvalue weighted by Gasteiger charge is -2.19. The Balaban J connectivity index is 2.32. The number of likely N-dealkylation sites (tertiary alicyclic amines) is 1. The van der Waals surface area contributed by atoms with Crippen LogP contribution in [0.15, 0.2) is 18.2 Å². The van der Waals surface area contributed by atoms with Gasteiger partial charge in [0.15, 0.2) is 0 Å². The van der Waals surface area contributed by atoms with Gasteiger partial charge in [-0.05, 0) is 18.9 Å². The second-order valence-corrected chi connectivity index (χ2v) is 4.07. The number of non-ortho nitro benzene ring substituents is 1. The Morgan fingerprint density at radius 1 is 1.41 bits per heavy atom. The van der Waals surface area contributed by atoms with Crippen molar-refractivity contribution in [2.45, 2.75) is 12.8 Å². The quantitative estimate of drug-likeness (QED) is 0.267. The highest BCUT2D eigenvalue weighted by atomic mass is 16.6. The lowest BCUT2D eigenvalue weighted by Crippen LogP contribution is -2.28. The highest BCUT2D eigenvalue weighted by Crippen LogP contribution is 2.22. The van der Waals surface area contributed by atoms with Gasteiger partial charge in [0.05, 0.1) is 4.92 Å². The summed E-state index contributed by atoms with van der Waals surface area (Å²) in [6.45, 7) is 1.64. The molecule has 1 aliphatic heterocycles. The zero-order valence-electron chi connectivity index (χ0n) is 9.35. The van der Waals surface area contributed by atoms with E-state index in [1.165, 1.54) is 18.2 Å². The Morgan fingerprint density at radius 2 is 2.06 bits per heavy atom. The maximum Gasteiger partial charge on any atom is 0.270 e. The standard InChI is InChI=1S/C11H14N4O2/c12-10-4-3-8(15(16)17)7-9(10)11(13)14-5-1-2-6-14/h3-4,7,13H,1-2,5-6,12H2. The number of nitrogens with zero attached hydrogens (tertiary/aromatic N) is 2. The van der Waals surface area contributed by atoms with Crippen molar-refractivity contribution < 1.29 is 4.92 Å². The molecular formula is C11H14N4O2. The number of nitro benzene ring substituents is 1. The zero-order chi connectivity index (χ0) is 12.4. The van der Waals surface area contributed by atoms with Gasteiger partial charge in [0.1, 0.15) is 5.84 Å². The first-order valence-corrected chi connectivity index (χ1v) is 5.47. The molecule has 6 heteroatoms. The topological polar surface area (TPSA) is 96.2 Å². The Morgan fingerprint density at radius 3 is 2.65 bits per heavy atom. The van der Waals surface area contributed by atoms with Crippen LogP contribution in [-0.2, 0) is 0 Å². The molecule has 1 heterocycles. The number of nitrogen functional groups attached to an aromatic ring is 1. The lowest BCUT2D eigenvalue weighted by molar-refractivity contribution is -0.384. The molecule has 0 saturated carbocycles. The smallest absolute Gasteiger partial charge is 0.270 e. The molecule has 0 unspecified atom stereocenters. The number of nitrogens with two attached hydrogens (primary N) is 1. The summed E-state index contributed by atoms with van der Waals surface area (Å²) < 4.78 is 0. The van der Waals surface area contributed by atoms with Crippen molar-refractivity contribution in [1.29, 1.82) is 5.41 Å². The Hall–Kier alpha value is -2.11. The van der Waals surface area contributed by atoms with Crippen molar-refractivity contribution in [2.24, 2.45) is 0 Å². The van der Waals surface area contributed by atoms with Crippen LogP contribution in [0.3, 0.4) is 0 Å². The van der Waals surface area contributed by atoms with E-state index in [-0.39, 0.29) is 11.5 Å². The third kappa shape index (κ3) is 2.20. The van der Waals surface area contributed by atoms with E-state index >= 15 is 0 Å². The maximum absolute atomic E-state index is 10.7. The van der Waals surface area contributed by atoms with Gasteiger partial charge in [0.25, 0.3) is 5.69 Å². The minimum Gasteiger partial charge on any atom is -0.398 e. The van der Waals surface area contributed by atoms with E-state index in [9.17, 15) is 10.1 Å². The summed E-state index contributed by atoms with van der Waals surface area (Å²) in [4.78, 5) is 12.1. The van der Waals surface area contributed by atoms with Gasteiger partial charge in [0.2, 0.25) is 0 Å². The first-order chi connectivity index (χ1) is 8.09. The molecule has 1 fully saturated rings. The van der Waals surface area contributed by atoms with Crippen LogP contribution < -0.4 is 5.73 Å². The third-order valence-electron chi connectivity index (χ3n) is 2.93. The van der Waals surface area contributed by atoms with Gasteiger partial charge in [-0.25, -0.2) is 0 Å². The molecule has 0 atom stereocenters. The normalized spacial score (nSPS) is 14.9. The molecule has 1 aromatic carbocycles. The molecule has 17 heavy (non-hydrogen) atoms. The van der Waals surface area contributed by atoms with Crippen LogP contribution in [0.2, 0.25) is 0 Å². The number of rotatable bonds is 2. The van der Waals surface area contributed by atoms with Crippen molar-refractivity contribution in [3.63, 3.8) is 0 Å². The highest BCUT2D eigenvalue weighted by molar-refractivity contribution is 6.01. The molecule has 0 spiro atoms. The van der Waals surface area contributed by atoms with Crippen molar-refractivity contribution in [3.05, 3.63) is 33.9 Å². The third-order valence-corrected chi connectivity index (χ3v) is 2.93. The Labute approximate surface area is 98.7 Å². The van der Waals surface area contributed by atoms with E-state index in [0.29, 0.717) is 11.3 Å². The van der Waals surface area contributed by atoms with Crippen LogP contribution in [0, 0.1) is 15.5 Å². The van der Waals surface area contributed by atoms with Crippen molar-refractivity contribution >= 4 is 17.2 Å². The fraction of sp³-hybridized carbons (Fsp3) is 0.364. The largest absolute Gasteiger partial charge is 0.398 e. The summed E-state index contributed by atoms with van der Waals surface area (Å²) in [7, 11) is 0. The Kier molecular flexibility index (Phi) is 2.95. The average molecular weight is 234 g/mol. The molecule has 0 bridgehead atoms. The summed E-state index contributed by atoms with van der Waals surface area (Å²) >= 11 is 0. The first-order valence-electron chi connectivity index (χ1n) is 5.47. The number of hydrogen-bond acceptors (Lipinski definition) is 4. The van der Waals surface area contributed by atoms with E-state index in [1.54, 1.807) is 0 Å². The maximum atomic E-state index is 10.7. The van der Waals surface area contributed by atoms with Gasteiger partial charge >= 0.3 is 0 Å². The second-order valence-electron chi connectivity index (χ2n) is 4.07. The van der Waals surface area contributed by atoms with E-state index in [1.807, 2.05) is 4.90 Å². The van der Waals surface area contributed by atoms with Crippen LogP contribution in [0.4, 0.5) is 11.4 Å². The van der Waals surface area contributed by atoms with Crippen molar-refractivity contribution in [1.82, 2.24) is 4.90 Å². The highest BCUT2D eigenvalue weighted by Gasteiger charge is 2.20. The van der Waals surface area contributed by atoms with Crippen LogP contribution in [-0.4, -0.2) is 28.7 Å². The first kappa shape index (κ1) is 11.4. The van der Waals surface area contributed by atoms with E-state index in [2.05, 4.69) is 0 Å². The molecule has 1 aliphatic rings. The SMILES string of the molecule is N=C(c1cc([N+](=O)[O-])ccc1N)N1CCCC1. The van der Waals surface area contributed by atoms with Crippen LogP contribution in [0.5, 0.6) is 0 Å². The summed E-state index contributed by atoms with van der Waals surface area (Å²) in [5, 5.41) is 18.7. The van der Waals surface area contributed by atoms with Gasteiger partial charge in [-0.3, -0.25) is 15.5 Å². The molecule has 0 aromatic heterocycles. The predicted octanol–water partition coefficient (Wildman–Crippen LogP) is 1.60. The van der Waals surface area contributed by atoms with E-state index in [4.69, 9.17) is 11.1 Å². The molecule has 1 saturated heterocycles. The lowest BCUT2D eigenvalue weighted by atomic mass is 10.1. The average Bonchev–Trinajstić information content (AvgIpc) is 2.81. The monoisotopic (exact) mass is 234 g/mol. The van der Waals surface area contributed by atoms with Crippen LogP contribution in [0.1, 0.15) is 18.4 Å². The summed E-state index contributed by atoms with van der Waals surface area (Å²) in [5.41, 5.74) is 6.59. The number of nitrogens with one attached hydrogen (secondary N) is 1. The molecule has 1 aromatic rings. The molecule has 6 nitrogen and oxygen atoms in total. The number of hydrogen-bond donors (Lipinski definition) is 2. The molecule has 2 rings (SSSR count). The Bertz CT molecular complexity index is 467. The van der Waals surface area contributed by atoms with E-state index < -0.39 is 4.92 Å². The van der Waals surface area contributed by atoms with Gasteiger partial charge in [-0.15, -0.1) is 0 Å². The van der Waals surface area contributed by atoms with Gasteiger partial charge in [0, 0.05) is 36.5 Å². The summed E-state index contributed by atoms with van der Waals surface area (Å²) in [6, 6.07) is 4.21. The fourth-order valence-corrected chi connectivity index (χ4v) is 1.97. The minimum absolute atomic E-state index is 0.0295. The van der Waals surface area contributed by atoms with Crippen molar-refractivity contribution in [3.8, 4) is 0 Å². The minimum atomic E-state index is -0.472. The number of nitro groups is 1. The van der Waals surface area contributed by atoms with Crippen LogP contribution in [0.25, 0.3) is 0 Å². The van der Waals surface area contributed by atoms with Gasteiger partial charge in [-0.1, -0.05) is 0 Å². The summed E-state index contributed by atoms with van der Waals surface area (Å²) in [6.07, 6.45) is 2.11. The molecule has 0 radical (unpaired) electrons. The van der Waals surface area contributed by atoms with E-state index in [0.717, 1.165) is 25.9 Å².